The molecule has 5 heteroatoms. The summed E-state index contributed by atoms with van der Waals surface area (Å²) in [4.78, 5) is 11.7. The van der Waals surface area contributed by atoms with Crippen molar-refractivity contribution in [3.8, 4) is 5.88 Å². The average molecular weight is 290 g/mol. The van der Waals surface area contributed by atoms with Gasteiger partial charge in [0.05, 0.1) is 6.61 Å². The summed E-state index contributed by atoms with van der Waals surface area (Å²) in [5, 5.41) is 3.44. The van der Waals surface area contributed by atoms with Gasteiger partial charge in [-0.15, -0.1) is 0 Å². The molecule has 0 bridgehead atoms. The van der Waals surface area contributed by atoms with Crippen molar-refractivity contribution in [2.45, 2.75) is 45.6 Å². The summed E-state index contributed by atoms with van der Waals surface area (Å²) < 4.78 is 5.58. The van der Waals surface area contributed by atoms with Crippen molar-refractivity contribution < 1.29 is 4.74 Å². The maximum absolute atomic E-state index is 5.58. The van der Waals surface area contributed by atoms with E-state index in [2.05, 4.69) is 20.2 Å². The lowest BCUT2D eigenvalue weighted by Crippen LogP contribution is -2.38. The first kappa shape index (κ1) is 14.6. The molecule has 2 fully saturated rings. The number of piperidine rings is 1. The minimum Gasteiger partial charge on any atom is -0.478 e. The second kappa shape index (κ2) is 6.60. The molecule has 21 heavy (non-hydrogen) atoms. The molecule has 1 aromatic rings. The third kappa shape index (κ3) is 3.84. The fraction of sp³-hybridized carbons (Fsp3) is 0.750. The van der Waals surface area contributed by atoms with Crippen molar-refractivity contribution in [3.05, 3.63) is 11.8 Å². The zero-order valence-electron chi connectivity index (χ0n) is 13.1. The molecule has 5 nitrogen and oxygen atoms in total. The topological polar surface area (TPSA) is 50.3 Å². The molecule has 1 aliphatic carbocycles. The molecule has 3 rings (SSSR count). The summed E-state index contributed by atoms with van der Waals surface area (Å²) in [5.74, 6) is 2.32. The van der Waals surface area contributed by atoms with E-state index in [4.69, 9.17) is 4.74 Å². The van der Waals surface area contributed by atoms with Crippen LogP contribution in [0.25, 0.3) is 0 Å². The van der Waals surface area contributed by atoms with Crippen LogP contribution in [-0.2, 0) is 0 Å². The second-order valence-electron chi connectivity index (χ2n) is 6.16. The van der Waals surface area contributed by atoms with Crippen molar-refractivity contribution >= 4 is 5.95 Å². The highest BCUT2D eigenvalue weighted by molar-refractivity contribution is 5.37. The first-order chi connectivity index (χ1) is 10.3. The average Bonchev–Trinajstić information content (AvgIpc) is 3.30. The molecule has 1 saturated carbocycles. The van der Waals surface area contributed by atoms with Gasteiger partial charge in [-0.25, -0.2) is 4.98 Å². The summed E-state index contributed by atoms with van der Waals surface area (Å²) in [6.45, 7) is 8.02. The molecular weight excluding hydrogens is 264 g/mol. The first-order valence-corrected chi connectivity index (χ1v) is 8.22. The van der Waals surface area contributed by atoms with Gasteiger partial charge in [-0.3, -0.25) is 0 Å². The van der Waals surface area contributed by atoms with Gasteiger partial charge in [-0.05, 0) is 58.5 Å². The van der Waals surface area contributed by atoms with Gasteiger partial charge in [-0.1, -0.05) is 0 Å². The predicted octanol–water partition coefficient (Wildman–Crippen LogP) is 2.15. The number of rotatable bonds is 6. The van der Waals surface area contributed by atoms with Crippen LogP contribution in [0.3, 0.4) is 0 Å². The first-order valence-electron chi connectivity index (χ1n) is 8.22. The van der Waals surface area contributed by atoms with Gasteiger partial charge in [-0.2, -0.15) is 4.98 Å². The number of ether oxygens (including phenoxy) is 1. The van der Waals surface area contributed by atoms with Gasteiger partial charge in [0.25, 0.3) is 0 Å². The zero-order valence-corrected chi connectivity index (χ0v) is 13.1. The van der Waals surface area contributed by atoms with Crippen LogP contribution in [-0.4, -0.2) is 42.3 Å². The third-order valence-electron chi connectivity index (χ3n) is 4.27. The number of hydrogen-bond donors (Lipinski definition) is 1. The monoisotopic (exact) mass is 290 g/mol. The molecule has 2 aliphatic rings. The minimum atomic E-state index is 0.635. The number of aromatic nitrogens is 2. The Bertz CT molecular complexity index is 469. The Kier molecular flexibility index (Phi) is 4.58. The van der Waals surface area contributed by atoms with Gasteiger partial charge >= 0.3 is 0 Å². The Morgan fingerprint density at radius 3 is 2.67 bits per heavy atom. The lowest BCUT2D eigenvalue weighted by molar-refractivity contribution is 0.325. The van der Waals surface area contributed by atoms with Gasteiger partial charge in [0.15, 0.2) is 0 Å². The molecule has 2 heterocycles. The Hall–Kier alpha value is -1.36. The van der Waals surface area contributed by atoms with E-state index < -0.39 is 0 Å². The fourth-order valence-electron chi connectivity index (χ4n) is 3.00. The summed E-state index contributed by atoms with van der Waals surface area (Å²) in [7, 11) is 0. The lowest BCUT2D eigenvalue weighted by atomic mass is 9.97. The van der Waals surface area contributed by atoms with Crippen LogP contribution in [0.2, 0.25) is 0 Å². The van der Waals surface area contributed by atoms with E-state index in [-0.39, 0.29) is 0 Å². The molecule has 0 atom stereocenters. The predicted molar refractivity (Wildman–Crippen MR) is 83.9 cm³/mol. The quantitative estimate of drug-likeness (QED) is 0.870. The number of anilines is 1. The minimum absolute atomic E-state index is 0.635. The van der Waals surface area contributed by atoms with Crippen molar-refractivity contribution in [2.75, 3.05) is 31.1 Å². The van der Waals surface area contributed by atoms with Crippen LogP contribution >= 0.6 is 0 Å². The van der Waals surface area contributed by atoms with E-state index in [0.29, 0.717) is 18.5 Å². The van der Waals surface area contributed by atoms with Crippen molar-refractivity contribution in [2.24, 2.45) is 5.92 Å². The Balaban J connectivity index is 1.76. The smallest absolute Gasteiger partial charge is 0.229 e. The van der Waals surface area contributed by atoms with E-state index >= 15 is 0 Å². The van der Waals surface area contributed by atoms with Gasteiger partial charge < -0.3 is 15.0 Å². The number of hydrogen-bond acceptors (Lipinski definition) is 5. The normalized spacial score (nSPS) is 19.5. The van der Waals surface area contributed by atoms with Crippen molar-refractivity contribution in [3.63, 3.8) is 0 Å². The number of nitrogens with zero attached hydrogens (tertiary/aromatic N) is 3. The van der Waals surface area contributed by atoms with Gasteiger partial charge in [0, 0.05) is 24.3 Å². The van der Waals surface area contributed by atoms with Crippen LogP contribution in [0.15, 0.2) is 6.07 Å². The van der Waals surface area contributed by atoms with Gasteiger partial charge in [0.1, 0.15) is 0 Å². The molecule has 0 radical (unpaired) electrons. The highest BCUT2D eigenvalue weighted by Gasteiger charge is 2.33. The van der Waals surface area contributed by atoms with Gasteiger partial charge in [0.2, 0.25) is 11.8 Å². The summed E-state index contributed by atoms with van der Waals surface area (Å²) in [6.07, 6.45) is 5.05. The second-order valence-corrected chi connectivity index (χ2v) is 6.16. The summed E-state index contributed by atoms with van der Waals surface area (Å²) in [5.41, 5.74) is 0.986. The third-order valence-corrected chi connectivity index (χ3v) is 4.27. The van der Waals surface area contributed by atoms with E-state index in [1.807, 2.05) is 19.9 Å². The molecule has 1 N–H and O–H groups in total. The number of aryl methyl sites for hydroxylation is 1. The highest BCUT2D eigenvalue weighted by Crippen LogP contribution is 2.32. The van der Waals surface area contributed by atoms with E-state index in [9.17, 15) is 0 Å². The Labute approximate surface area is 127 Å². The van der Waals surface area contributed by atoms with Crippen molar-refractivity contribution in [1.29, 1.82) is 0 Å². The Morgan fingerprint density at radius 1 is 1.24 bits per heavy atom. The molecule has 0 unspecified atom stereocenters. The van der Waals surface area contributed by atoms with Crippen LogP contribution in [0.1, 0.15) is 38.3 Å². The van der Waals surface area contributed by atoms with E-state index in [1.165, 1.54) is 25.7 Å². The number of nitrogens with one attached hydrogen (secondary N) is 1. The SMILES string of the molecule is CCOc1cc(C)nc(N(CC2CCNCC2)C2CC2)n1. The maximum Gasteiger partial charge on any atom is 0.229 e. The molecule has 1 saturated heterocycles. The lowest BCUT2D eigenvalue weighted by Gasteiger charge is -2.30. The molecule has 1 aliphatic heterocycles. The molecule has 1 aromatic heterocycles. The molecule has 116 valence electrons. The summed E-state index contributed by atoms with van der Waals surface area (Å²) >= 11 is 0. The summed E-state index contributed by atoms with van der Waals surface area (Å²) in [6, 6.07) is 2.55. The molecule has 0 aromatic carbocycles. The van der Waals surface area contributed by atoms with Crippen molar-refractivity contribution in [1.82, 2.24) is 15.3 Å². The molecule has 0 spiro atoms. The maximum atomic E-state index is 5.58. The Morgan fingerprint density at radius 2 is 2.00 bits per heavy atom. The van der Waals surface area contributed by atoms with Crippen LogP contribution < -0.4 is 15.0 Å². The van der Waals surface area contributed by atoms with Crippen LogP contribution in [0.5, 0.6) is 5.88 Å². The van der Waals surface area contributed by atoms with Crippen LogP contribution in [0.4, 0.5) is 5.95 Å². The molecular formula is C16H26N4O. The van der Waals surface area contributed by atoms with E-state index in [1.54, 1.807) is 0 Å². The standard InChI is InChI=1S/C16H26N4O/c1-3-21-15-10-12(2)18-16(19-15)20(14-4-5-14)11-13-6-8-17-9-7-13/h10,13-14,17H,3-9,11H2,1-2H3. The van der Waals surface area contributed by atoms with E-state index in [0.717, 1.165) is 37.2 Å². The zero-order chi connectivity index (χ0) is 14.7. The largest absolute Gasteiger partial charge is 0.478 e. The molecule has 0 amide bonds. The highest BCUT2D eigenvalue weighted by atomic mass is 16.5. The fourth-order valence-corrected chi connectivity index (χ4v) is 3.00. The van der Waals surface area contributed by atoms with Crippen LogP contribution in [0, 0.1) is 12.8 Å².